The van der Waals surface area contributed by atoms with Crippen LogP contribution in [0.2, 0.25) is 0 Å². The van der Waals surface area contributed by atoms with Gasteiger partial charge < -0.3 is 14.4 Å². The highest BCUT2D eigenvalue weighted by Crippen LogP contribution is 2.36. The van der Waals surface area contributed by atoms with E-state index in [4.69, 9.17) is 9.47 Å². The maximum absolute atomic E-state index is 12.7. The largest absolute Gasteiger partial charge is 0.374 e. The van der Waals surface area contributed by atoms with Crippen LogP contribution in [0.15, 0.2) is 17.5 Å². The minimum absolute atomic E-state index is 0.0667. The van der Waals surface area contributed by atoms with Crippen LogP contribution in [-0.2, 0) is 9.47 Å². The first-order valence-corrected chi connectivity index (χ1v) is 8.78. The Morgan fingerprint density at radius 2 is 2.29 bits per heavy atom. The highest BCUT2D eigenvalue weighted by Gasteiger charge is 2.45. The number of thiophene rings is 1. The maximum atomic E-state index is 12.7. The Morgan fingerprint density at radius 3 is 3.05 bits per heavy atom. The van der Waals surface area contributed by atoms with Crippen LogP contribution >= 0.6 is 11.3 Å². The molecule has 114 valence electrons. The summed E-state index contributed by atoms with van der Waals surface area (Å²) in [5.41, 5.74) is 0. The van der Waals surface area contributed by atoms with Gasteiger partial charge in [-0.2, -0.15) is 0 Å². The van der Waals surface area contributed by atoms with Gasteiger partial charge in [-0.25, -0.2) is 0 Å². The molecule has 3 atom stereocenters. The number of hydrogen-bond donors (Lipinski definition) is 0. The van der Waals surface area contributed by atoms with Crippen LogP contribution in [0, 0.1) is 5.92 Å². The summed E-state index contributed by atoms with van der Waals surface area (Å²) in [7, 11) is 0. The number of amides is 1. The van der Waals surface area contributed by atoms with Gasteiger partial charge >= 0.3 is 0 Å². The molecule has 0 spiro atoms. The zero-order valence-corrected chi connectivity index (χ0v) is 12.9. The van der Waals surface area contributed by atoms with Crippen molar-refractivity contribution in [3.8, 4) is 0 Å². The molecule has 0 radical (unpaired) electrons. The molecular formula is C16H21NO3S. The molecule has 1 amide bonds. The van der Waals surface area contributed by atoms with Crippen molar-refractivity contribution >= 4 is 17.2 Å². The topological polar surface area (TPSA) is 38.8 Å². The molecule has 21 heavy (non-hydrogen) atoms. The Balaban J connectivity index is 1.51. The predicted molar refractivity (Wildman–Crippen MR) is 80.6 cm³/mol. The SMILES string of the molecule is O=C(c1cccs1)N1CCO[C@H]2CC[C@H]1[C@H]2OCC1CC1. The minimum Gasteiger partial charge on any atom is -0.374 e. The molecule has 0 aromatic carbocycles. The Hall–Kier alpha value is -0.910. The first-order valence-electron chi connectivity index (χ1n) is 7.90. The van der Waals surface area contributed by atoms with Gasteiger partial charge in [-0.05, 0) is 43.0 Å². The molecule has 1 aromatic rings. The second kappa shape index (κ2) is 5.71. The Morgan fingerprint density at radius 1 is 1.38 bits per heavy atom. The van der Waals surface area contributed by atoms with Crippen LogP contribution in [0.25, 0.3) is 0 Å². The molecule has 2 saturated carbocycles. The Labute approximate surface area is 129 Å². The molecule has 2 heterocycles. The van der Waals surface area contributed by atoms with Crippen molar-refractivity contribution in [1.29, 1.82) is 0 Å². The Bertz CT molecular complexity index is 500. The molecule has 3 fully saturated rings. The zero-order chi connectivity index (χ0) is 14.2. The summed E-state index contributed by atoms with van der Waals surface area (Å²) in [5, 5.41) is 1.96. The Kier molecular flexibility index (Phi) is 3.73. The molecule has 0 unspecified atom stereocenters. The molecule has 3 aliphatic rings. The summed E-state index contributed by atoms with van der Waals surface area (Å²) >= 11 is 1.51. The summed E-state index contributed by atoms with van der Waals surface area (Å²) < 4.78 is 12.1. The lowest BCUT2D eigenvalue weighted by atomic mass is 10.1. The standard InChI is InChI=1S/C16H21NO3S/c18-16(14-2-1-9-21-14)17-7-8-19-13-6-5-12(17)15(13)20-10-11-3-4-11/h1-2,9,11-13,15H,3-8,10H2/t12-,13-,15+/m0/s1. The second-order valence-corrected chi connectivity index (χ2v) is 7.22. The average molecular weight is 307 g/mol. The van der Waals surface area contributed by atoms with Crippen LogP contribution in [0.1, 0.15) is 35.4 Å². The van der Waals surface area contributed by atoms with E-state index in [2.05, 4.69) is 0 Å². The molecule has 5 heteroatoms. The lowest BCUT2D eigenvalue weighted by molar-refractivity contribution is -0.0556. The van der Waals surface area contributed by atoms with Crippen molar-refractivity contribution in [3.05, 3.63) is 22.4 Å². The number of carbonyl (C=O) groups excluding carboxylic acids is 1. The molecular weight excluding hydrogens is 286 g/mol. The third-order valence-electron chi connectivity index (χ3n) is 4.77. The van der Waals surface area contributed by atoms with E-state index >= 15 is 0 Å². The lowest BCUT2D eigenvalue weighted by Crippen LogP contribution is -2.46. The molecule has 1 saturated heterocycles. The van der Waals surface area contributed by atoms with E-state index in [9.17, 15) is 4.79 Å². The molecule has 2 aliphatic carbocycles. The summed E-state index contributed by atoms with van der Waals surface area (Å²) in [6.07, 6.45) is 4.83. The first-order chi connectivity index (χ1) is 10.3. The first kappa shape index (κ1) is 13.7. The maximum Gasteiger partial charge on any atom is 0.264 e. The van der Waals surface area contributed by atoms with E-state index in [1.165, 1.54) is 24.2 Å². The van der Waals surface area contributed by atoms with Crippen molar-refractivity contribution in [2.45, 2.75) is 43.9 Å². The van der Waals surface area contributed by atoms with Crippen LogP contribution in [0.3, 0.4) is 0 Å². The number of fused-ring (bicyclic) bond motifs is 2. The van der Waals surface area contributed by atoms with Gasteiger partial charge in [0.25, 0.3) is 5.91 Å². The van der Waals surface area contributed by atoms with Crippen molar-refractivity contribution < 1.29 is 14.3 Å². The van der Waals surface area contributed by atoms with Gasteiger partial charge in [0, 0.05) is 13.2 Å². The second-order valence-electron chi connectivity index (χ2n) is 6.27. The highest BCUT2D eigenvalue weighted by atomic mass is 32.1. The zero-order valence-electron chi connectivity index (χ0n) is 12.1. The quantitative estimate of drug-likeness (QED) is 0.858. The van der Waals surface area contributed by atoms with Gasteiger partial charge in [0.05, 0.1) is 23.6 Å². The summed E-state index contributed by atoms with van der Waals surface area (Å²) in [5.74, 6) is 0.885. The van der Waals surface area contributed by atoms with Crippen LogP contribution in [0.4, 0.5) is 0 Å². The fourth-order valence-corrected chi connectivity index (χ4v) is 4.11. The lowest BCUT2D eigenvalue weighted by Gasteiger charge is -2.31. The third kappa shape index (κ3) is 2.74. The molecule has 1 aliphatic heterocycles. The van der Waals surface area contributed by atoms with Crippen LogP contribution in [0.5, 0.6) is 0 Å². The van der Waals surface area contributed by atoms with E-state index in [1.807, 2.05) is 22.4 Å². The van der Waals surface area contributed by atoms with E-state index in [0.717, 1.165) is 30.2 Å². The van der Waals surface area contributed by atoms with E-state index in [0.29, 0.717) is 13.2 Å². The van der Waals surface area contributed by atoms with Crippen molar-refractivity contribution in [2.75, 3.05) is 19.8 Å². The average Bonchev–Trinajstić information content (AvgIpc) is 3.02. The van der Waals surface area contributed by atoms with E-state index < -0.39 is 0 Å². The normalized spacial score (nSPS) is 32.2. The predicted octanol–water partition coefficient (Wildman–Crippen LogP) is 2.55. The smallest absolute Gasteiger partial charge is 0.264 e. The summed E-state index contributed by atoms with van der Waals surface area (Å²) in [6, 6.07) is 4.03. The van der Waals surface area contributed by atoms with Gasteiger partial charge in [0.15, 0.2) is 0 Å². The minimum atomic E-state index is 0.0667. The van der Waals surface area contributed by atoms with Gasteiger partial charge in [-0.3, -0.25) is 4.79 Å². The van der Waals surface area contributed by atoms with Crippen molar-refractivity contribution in [2.24, 2.45) is 5.92 Å². The molecule has 0 N–H and O–H groups in total. The highest BCUT2D eigenvalue weighted by molar-refractivity contribution is 7.12. The van der Waals surface area contributed by atoms with Gasteiger partial charge in [-0.15, -0.1) is 11.3 Å². The van der Waals surface area contributed by atoms with E-state index in [-0.39, 0.29) is 24.2 Å². The fourth-order valence-electron chi connectivity index (χ4n) is 3.44. The van der Waals surface area contributed by atoms with Crippen molar-refractivity contribution in [1.82, 2.24) is 4.90 Å². The molecule has 4 nitrogen and oxygen atoms in total. The number of hydrogen-bond acceptors (Lipinski definition) is 4. The molecule has 1 aromatic heterocycles. The van der Waals surface area contributed by atoms with Gasteiger partial charge in [0.2, 0.25) is 0 Å². The van der Waals surface area contributed by atoms with Crippen LogP contribution in [-0.4, -0.2) is 48.8 Å². The van der Waals surface area contributed by atoms with Gasteiger partial charge in [-0.1, -0.05) is 6.07 Å². The van der Waals surface area contributed by atoms with Gasteiger partial charge in [0.1, 0.15) is 6.10 Å². The summed E-state index contributed by atoms with van der Waals surface area (Å²) in [6.45, 7) is 2.14. The molecule has 2 bridgehead atoms. The van der Waals surface area contributed by atoms with Crippen LogP contribution < -0.4 is 0 Å². The fraction of sp³-hybridized carbons (Fsp3) is 0.688. The number of rotatable bonds is 4. The summed E-state index contributed by atoms with van der Waals surface area (Å²) in [4.78, 5) is 15.5. The molecule has 4 rings (SSSR count). The third-order valence-corrected chi connectivity index (χ3v) is 5.63. The monoisotopic (exact) mass is 307 g/mol. The number of ether oxygens (including phenoxy) is 2. The van der Waals surface area contributed by atoms with E-state index in [1.54, 1.807) is 0 Å². The van der Waals surface area contributed by atoms with Crippen molar-refractivity contribution in [3.63, 3.8) is 0 Å². The number of nitrogens with zero attached hydrogens (tertiary/aromatic N) is 1. The number of carbonyl (C=O) groups is 1.